The molecule has 0 saturated heterocycles. The highest BCUT2D eigenvalue weighted by atomic mass is 32.2. The Morgan fingerprint density at radius 1 is 0.733 bits per heavy atom. The number of hydrogen-bond acceptors (Lipinski definition) is 3. The van der Waals surface area contributed by atoms with Crippen LogP contribution in [0, 0.1) is 5.82 Å². The third-order valence-electron chi connectivity index (χ3n) is 4.51. The molecule has 5 nitrogen and oxygen atoms in total. The molecule has 7 heteroatoms. The molecule has 2 N–H and O–H groups in total. The molecule has 0 aliphatic rings. The first-order chi connectivity index (χ1) is 14.4. The molecule has 0 radical (unpaired) electrons. The number of benzene rings is 4. The Hall–Kier alpha value is -3.71. The first-order valence-electron chi connectivity index (χ1n) is 9.09. The molecular formula is C23H17FN2O3S. The smallest absolute Gasteiger partial charge is 0.261 e. The van der Waals surface area contributed by atoms with Crippen molar-refractivity contribution in [2.45, 2.75) is 4.90 Å². The lowest BCUT2D eigenvalue weighted by atomic mass is 10.1. The van der Waals surface area contributed by atoms with Crippen molar-refractivity contribution in [3.05, 3.63) is 102 Å². The van der Waals surface area contributed by atoms with Crippen LogP contribution in [0.3, 0.4) is 0 Å². The zero-order valence-electron chi connectivity index (χ0n) is 15.7. The van der Waals surface area contributed by atoms with Crippen LogP contribution in [0.5, 0.6) is 0 Å². The molecule has 4 aromatic carbocycles. The van der Waals surface area contributed by atoms with Crippen LogP contribution in [-0.4, -0.2) is 14.3 Å². The number of anilines is 2. The van der Waals surface area contributed by atoms with Gasteiger partial charge in [0.15, 0.2) is 0 Å². The molecule has 150 valence electrons. The summed E-state index contributed by atoms with van der Waals surface area (Å²) in [4.78, 5) is 12.5. The van der Waals surface area contributed by atoms with Crippen molar-refractivity contribution < 1.29 is 17.6 Å². The van der Waals surface area contributed by atoms with Crippen molar-refractivity contribution in [3.63, 3.8) is 0 Å². The number of amides is 1. The Morgan fingerprint density at radius 3 is 2.20 bits per heavy atom. The summed E-state index contributed by atoms with van der Waals surface area (Å²) in [6.07, 6.45) is 0. The zero-order chi connectivity index (χ0) is 21.1. The van der Waals surface area contributed by atoms with Crippen LogP contribution in [-0.2, 0) is 10.0 Å². The molecule has 0 spiro atoms. The van der Waals surface area contributed by atoms with Crippen LogP contribution < -0.4 is 10.0 Å². The number of nitrogens with one attached hydrogen (secondary N) is 2. The lowest BCUT2D eigenvalue weighted by Gasteiger charge is -2.10. The summed E-state index contributed by atoms with van der Waals surface area (Å²) in [6.45, 7) is 0. The van der Waals surface area contributed by atoms with Crippen LogP contribution in [0.2, 0.25) is 0 Å². The van der Waals surface area contributed by atoms with Gasteiger partial charge < -0.3 is 5.32 Å². The first-order valence-corrected chi connectivity index (χ1v) is 10.6. The summed E-state index contributed by atoms with van der Waals surface area (Å²) in [5.41, 5.74) is 1.08. The SMILES string of the molecule is O=C(Nc1ccc(S(=O)(=O)Nc2cccc(F)c2)cc1)c1ccc2ccccc2c1. The minimum atomic E-state index is -3.88. The number of hydrogen-bond donors (Lipinski definition) is 2. The van der Waals surface area contributed by atoms with Gasteiger partial charge in [0.25, 0.3) is 15.9 Å². The maximum Gasteiger partial charge on any atom is 0.261 e. The van der Waals surface area contributed by atoms with Gasteiger partial charge in [-0.1, -0.05) is 36.4 Å². The normalized spacial score (nSPS) is 11.2. The maximum absolute atomic E-state index is 13.3. The number of carbonyl (C=O) groups is 1. The highest BCUT2D eigenvalue weighted by molar-refractivity contribution is 7.92. The lowest BCUT2D eigenvalue weighted by molar-refractivity contribution is 0.102. The third-order valence-corrected chi connectivity index (χ3v) is 5.91. The predicted molar refractivity (Wildman–Crippen MR) is 116 cm³/mol. The molecule has 0 atom stereocenters. The fourth-order valence-electron chi connectivity index (χ4n) is 3.02. The molecule has 0 heterocycles. The minimum Gasteiger partial charge on any atom is -0.322 e. The summed E-state index contributed by atoms with van der Waals surface area (Å²) in [5.74, 6) is -0.837. The van der Waals surface area contributed by atoms with Crippen molar-refractivity contribution in [1.29, 1.82) is 0 Å². The lowest BCUT2D eigenvalue weighted by Crippen LogP contribution is -2.14. The maximum atomic E-state index is 13.3. The van der Waals surface area contributed by atoms with E-state index in [1.807, 2.05) is 30.3 Å². The second-order valence-corrected chi connectivity index (χ2v) is 8.34. The standard InChI is InChI=1S/C23H17FN2O3S/c24-19-6-3-7-21(15-19)26-30(28,29)22-12-10-20(11-13-22)25-23(27)18-9-8-16-4-1-2-5-17(16)14-18/h1-15,26H,(H,25,27). The molecule has 0 unspecified atom stereocenters. The Kier molecular flexibility index (Phi) is 5.20. The van der Waals surface area contributed by atoms with E-state index in [2.05, 4.69) is 10.0 Å². The van der Waals surface area contributed by atoms with E-state index in [9.17, 15) is 17.6 Å². The molecule has 30 heavy (non-hydrogen) atoms. The number of carbonyl (C=O) groups excluding carboxylic acids is 1. The van der Waals surface area contributed by atoms with Gasteiger partial charge in [-0.15, -0.1) is 0 Å². The monoisotopic (exact) mass is 420 g/mol. The van der Waals surface area contributed by atoms with Crippen LogP contribution in [0.25, 0.3) is 10.8 Å². The number of sulfonamides is 1. The van der Waals surface area contributed by atoms with E-state index >= 15 is 0 Å². The van der Waals surface area contributed by atoms with E-state index < -0.39 is 15.8 Å². The topological polar surface area (TPSA) is 75.3 Å². The van der Waals surface area contributed by atoms with E-state index in [0.717, 1.165) is 16.8 Å². The highest BCUT2D eigenvalue weighted by Crippen LogP contribution is 2.20. The van der Waals surface area contributed by atoms with E-state index in [-0.39, 0.29) is 16.5 Å². The molecule has 4 aromatic rings. The molecule has 0 aliphatic heterocycles. The molecule has 0 aromatic heterocycles. The second-order valence-electron chi connectivity index (χ2n) is 6.66. The van der Waals surface area contributed by atoms with Crippen molar-refractivity contribution in [3.8, 4) is 0 Å². The predicted octanol–water partition coefficient (Wildman–Crippen LogP) is 5.03. The summed E-state index contributed by atoms with van der Waals surface area (Å²) < 4.78 is 40.5. The van der Waals surface area contributed by atoms with Gasteiger partial charge in [-0.2, -0.15) is 0 Å². The molecule has 1 amide bonds. The average Bonchev–Trinajstić information content (AvgIpc) is 2.73. The van der Waals surface area contributed by atoms with Gasteiger partial charge in [0.05, 0.1) is 10.6 Å². The van der Waals surface area contributed by atoms with Crippen molar-refractivity contribution >= 4 is 38.1 Å². The van der Waals surface area contributed by atoms with Gasteiger partial charge in [0, 0.05) is 11.3 Å². The van der Waals surface area contributed by atoms with E-state index in [1.165, 1.54) is 42.5 Å². The van der Waals surface area contributed by atoms with Crippen LogP contribution >= 0.6 is 0 Å². The third kappa shape index (κ3) is 4.31. The van der Waals surface area contributed by atoms with Gasteiger partial charge in [0.2, 0.25) is 0 Å². The molecule has 4 rings (SSSR count). The van der Waals surface area contributed by atoms with Gasteiger partial charge in [-0.25, -0.2) is 12.8 Å². The van der Waals surface area contributed by atoms with Crippen molar-refractivity contribution in [2.24, 2.45) is 0 Å². The second kappa shape index (κ2) is 7.96. The largest absolute Gasteiger partial charge is 0.322 e. The first kappa shape index (κ1) is 19.6. The summed E-state index contributed by atoms with van der Waals surface area (Å²) >= 11 is 0. The number of halogens is 1. The fourth-order valence-corrected chi connectivity index (χ4v) is 4.07. The van der Waals surface area contributed by atoms with Crippen molar-refractivity contribution in [2.75, 3.05) is 10.0 Å². The van der Waals surface area contributed by atoms with Crippen molar-refractivity contribution in [1.82, 2.24) is 0 Å². The van der Waals surface area contributed by atoms with E-state index in [1.54, 1.807) is 12.1 Å². The fraction of sp³-hybridized carbons (Fsp3) is 0. The quantitative estimate of drug-likeness (QED) is 0.475. The number of fused-ring (bicyclic) bond motifs is 1. The Morgan fingerprint density at radius 2 is 1.47 bits per heavy atom. The summed E-state index contributed by atoms with van der Waals surface area (Å²) in [5, 5.41) is 4.75. The van der Waals surface area contributed by atoms with Gasteiger partial charge in [0.1, 0.15) is 5.82 Å². The molecular weight excluding hydrogens is 403 g/mol. The average molecular weight is 420 g/mol. The van der Waals surface area contributed by atoms with Crippen LogP contribution in [0.4, 0.5) is 15.8 Å². The Labute approximate surface area is 173 Å². The highest BCUT2D eigenvalue weighted by Gasteiger charge is 2.15. The van der Waals surface area contributed by atoms with E-state index in [0.29, 0.717) is 11.3 Å². The summed E-state index contributed by atoms with van der Waals surface area (Å²) in [7, 11) is -3.88. The molecule has 0 bridgehead atoms. The minimum absolute atomic E-state index is 0.00420. The zero-order valence-corrected chi connectivity index (χ0v) is 16.5. The van der Waals surface area contributed by atoms with Crippen LogP contribution in [0.15, 0.2) is 95.9 Å². The van der Waals surface area contributed by atoms with E-state index in [4.69, 9.17) is 0 Å². The van der Waals surface area contributed by atoms with Gasteiger partial charge >= 0.3 is 0 Å². The summed E-state index contributed by atoms with van der Waals surface area (Å²) in [6, 6.07) is 24.1. The van der Waals surface area contributed by atoms with Gasteiger partial charge in [-0.3, -0.25) is 9.52 Å². The molecule has 0 aliphatic carbocycles. The molecule has 0 saturated carbocycles. The molecule has 0 fully saturated rings. The number of rotatable bonds is 5. The Bertz CT molecular complexity index is 1340. The van der Waals surface area contributed by atoms with Gasteiger partial charge in [-0.05, 0) is 65.4 Å². The Balaban J connectivity index is 1.49. The van der Waals surface area contributed by atoms with Crippen LogP contribution in [0.1, 0.15) is 10.4 Å².